The fourth-order valence-electron chi connectivity index (χ4n) is 4.55. The maximum absolute atomic E-state index is 12.3. The first-order valence-electron chi connectivity index (χ1n) is 8.64. The third-order valence-electron chi connectivity index (χ3n) is 5.70. The van der Waals surface area contributed by atoms with Crippen LogP contribution >= 0.6 is 0 Å². The van der Waals surface area contributed by atoms with E-state index in [1.165, 1.54) is 25.1 Å². The van der Waals surface area contributed by atoms with Gasteiger partial charge in [0, 0.05) is 13.1 Å². The Kier molecular flexibility index (Phi) is 3.65. The zero-order chi connectivity index (χ0) is 16.0. The molecule has 23 heavy (non-hydrogen) atoms. The fourth-order valence-corrected chi connectivity index (χ4v) is 4.55. The van der Waals surface area contributed by atoms with Gasteiger partial charge in [-0.3, -0.25) is 9.69 Å². The van der Waals surface area contributed by atoms with Gasteiger partial charge in [-0.2, -0.15) is 0 Å². The number of aromatic nitrogens is 1. The first-order chi connectivity index (χ1) is 11.0. The molecule has 0 aromatic carbocycles. The lowest BCUT2D eigenvalue weighted by Crippen LogP contribution is -2.33. The third-order valence-corrected chi connectivity index (χ3v) is 5.70. The van der Waals surface area contributed by atoms with Gasteiger partial charge in [-0.15, -0.1) is 0 Å². The molecule has 0 radical (unpaired) electrons. The van der Waals surface area contributed by atoms with E-state index >= 15 is 0 Å². The number of likely N-dealkylation sites (tertiary alicyclic amines) is 1. The number of fused-ring (bicyclic) bond motifs is 1. The third kappa shape index (κ3) is 3.26. The van der Waals surface area contributed by atoms with Crippen LogP contribution in [0.5, 0.6) is 5.75 Å². The van der Waals surface area contributed by atoms with Gasteiger partial charge in [0.05, 0.1) is 18.3 Å². The van der Waals surface area contributed by atoms with E-state index in [-0.39, 0.29) is 11.5 Å². The van der Waals surface area contributed by atoms with Crippen molar-refractivity contribution in [2.75, 3.05) is 19.6 Å². The molecule has 1 aliphatic heterocycles. The average Bonchev–Trinajstić information content (AvgIpc) is 3.14. The van der Waals surface area contributed by atoms with E-state index < -0.39 is 5.60 Å². The fraction of sp³-hybridized carbons (Fsp3) is 0.667. The van der Waals surface area contributed by atoms with E-state index in [2.05, 4.69) is 9.88 Å². The molecule has 3 aliphatic rings. The van der Waals surface area contributed by atoms with Gasteiger partial charge in [0.15, 0.2) is 5.78 Å². The molecular formula is C18H24N2O3. The Morgan fingerprint density at radius 3 is 2.52 bits per heavy atom. The van der Waals surface area contributed by atoms with Gasteiger partial charge >= 0.3 is 0 Å². The molecule has 4 rings (SSSR count). The molecule has 2 N–H and O–H groups in total. The SMILES string of the molecule is O=C(CN1C[C@@H]2C[C@@](O)(CC3CC3)C[C@@H]2C1)c1ccc(O)cn1. The molecule has 0 amide bonds. The van der Waals surface area contributed by atoms with E-state index in [1.54, 1.807) is 6.07 Å². The second-order valence-electron chi connectivity index (χ2n) is 7.82. The Morgan fingerprint density at radius 2 is 1.96 bits per heavy atom. The number of Topliss-reactive ketones (excluding diaryl/α,β-unsaturated/α-hetero) is 1. The number of nitrogens with zero attached hydrogens (tertiary/aromatic N) is 2. The van der Waals surface area contributed by atoms with Crippen molar-refractivity contribution in [2.24, 2.45) is 17.8 Å². The summed E-state index contributed by atoms with van der Waals surface area (Å²) in [5.41, 5.74) is -0.0319. The Balaban J connectivity index is 1.32. The summed E-state index contributed by atoms with van der Waals surface area (Å²) in [7, 11) is 0. The molecular weight excluding hydrogens is 292 g/mol. The van der Waals surface area contributed by atoms with Crippen molar-refractivity contribution in [1.29, 1.82) is 0 Å². The van der Waals surface area contributed by atoms with Gasteiger partial charge in [-0.1, -0.05) is 12.8 Å². The first kappa shape index (κ1) is 15.1. The van der Waals surface area contributed by atoms with Crippen molar-refractivity contribution in [3.8, 4) is 5.75 Å². The van der Waals surface area contributed by atoms with Crippen molar-refractivity contribution in [3.05, 3.63) is 24.0 Å². The second-order valence-corrected chi connectivity index (χ2v) is 7.82. The van der Waals surface area contributed by atoms with E-state index in [0.717, 1.165) is 38.3 Å². The molecule has 124 valence electrons. The number of aliphatic hydroxyl groups is 1. The highest BCUT2D eigenvalue weighted by atomic mass is 16.3. The van der Waals surface area contributed by atoms with Crippen LogP contribution in [-0.2, 0) is 0 Å². The van der Waals surface area contributed by atoms with Crippen LogP contribution in [0, 0.1) is 17.8 Å². The predicted octanol–water partition coefficient (Wildman–Crippen LogP) is 1.84. The first-order valence-corrected chi connectivity index (χ1v) is 8.64. The summed E-state index contributed by atoms with van der Waals surface area (Å²) in [5.74, 6) is 1.89. The van der Waals surface area contributed by atoms with Crippen molar-refractivity contribution in [2.45, 2.75) is 37.7 Å². The zero-order valence-electron chi connectivity index (χ0n) is 13.3. The number of ketones is 1. The normalized spacial score (nSPS) is 33.8. The molecule has 5 heteroatoms. The van der Waals surface area contributed by atoms with Gasteiger partial charge in [-0.05, 0) is 49.1 Å². The molecule has 2 saturated carbocycles. The van der Waals surface area contributed by atoms with Crippen LogP contribution < -0.4 is 0 Å². The molecule has 1 aromatic rings. The highest BCUT2D eigenvalue weighted by molar-refractivity contribution is 5.95. The topological polar surface area (TPSA) is 73.7 Å². The minimum Gasteiger partial charge on any atom is -0.506 e. The van der Waals surface area contributed by atoms with E-state index in [9.17, 15) is 15.0 Å². The van der Waals surface area contributed by atoms with Gasteiger partial charge in [0.2, 0.25) is 0 Å². The van der Waals surface area contributed by atoms with Crippen molar-refractivity contribution < 1.29 is 15.0 Å². The molecule has 5 nitrogen and oxygen atoms in total. The van der Waals surface area contributed by atoms with Crippen molar-refractivity contribution >= 4 is 5.78 Å². The number of aromatic hydroxyl groups is 1. The minimum absolute atomic E-state index is 0.00165. The van der Waals surface area contributed by atoms with Crippen LogP contribution in [0.2, 0.25) is 0 Å². The predicted molar refractivity (Wildman–Crippen MR) is 85.2 cm³/mol. The Bertz CT molecular complexity index is 583. The number of hydrogen-bond donors (Lipinski definition) is 2. The lowest BCUT2D eigenvalue weighted by molar-refractivity contribution is 0.0215. The highest BCUT2D eigenvalue weighted by Gasteiger charge is 2.49. The van der Waals surface area contributed by atoms with E-state index in [1.807, 2.05) is 0 Å². The van der Waals surface area contributed by atoms with Crippen LogP contribution in [0.4, 0.5) is 0 Å². The Hall–Kier alpha value is -1.46. The smallest absolute Gasteiger partial charge is 0.195 e. The molecule has 0 unspecified atom stereocenters. The van der Waals surface area contributed by atoms with Crippen LogP contribution in [0.15, 0.2) is 18.3 Å². The maximum Gasteiger partial charge on any atom is 0.195 e. The zero-order valence-corrected chi connectivity index (χ0v) is 13.3. The van der Waals surface area contributed by atoms with Crippen molar-refractivity contribution in [1.82, 2.24) is 9.88 Å². The lowest BCUT2D eigenvalue weighted by Gasteiger charge is -2.25. The van der Waals surface area contributed by atoms with Gasteiger partial charge < -0.3 is 10.2 Å². The van der Waals surface area contributed by atoms with Gasteiger partial charge in [0.1, 0.15) is 11.4 Å². The lowest BCUT2D eigenvalue weighted by atomic mass is 9.93. The number of carbonyl (C=O) groups is 1. The van der Waals surface area contributed by atoms with Crippen molar-refractivity contribution in [3.63, 3.8) is 0 Å². The second kappa shape index (κ2) is 5.56. The molecule has 0 bridgehead atoms. The van der Waals surface area contributed by atoms with E-state index in [4.69, 9.17) is 0 Å². The monoisotopic (exact) mass is 316 g/mol. The highest BCUT2D eigenvalue weighted by Crippen LogP contribution is 2.49. The number of rotatable bonds is 5. The summed E-state index contributed by atoms with van der Waals surface area (Å²) in [6.07, 6.45) is 6.67. The molecule has 3 fully saturated rings. The molecule has 2 aliphatic carbocycles. The Labute approximate surface area is 136 Å². The number of hydrogen-bond acceptors (Lipinski definition) is 5. The standard InChI is InChI=1S/C18H24N2O3/c21-15-3-4-16(19-8-15)17(22)11-20-9-13-6-18(23,5-12-1-2-12)7-14(13)10-20/h3-4,8,12-14,21,23H,1-2,5-7,9-11H2/t13-,14+,18-. The summed E-state index contributed by atoms with van der Waals surface area (Å²) >= 11 is 0. The maximum atomic E-state index is 12.3. The average molecular weight is 316 g/mol. The summed E-state index contributed by atoms with van der Waals surface area (Å²) < 4.78 is 0. The molecule has 3 atom stereocenters. The summed E-state index contributed by atoms with van der Waals surface area (Å²) in [5, 5.41) is 20.0. The molecule has 1 saturated heterocycles. The van der Waals surface area contributed by atoms with Crippen LogP contribution in [-0.4, -0.2) is 51.1 Å². The van der Waals surface area contributed by atoms with Gasteiger partial charge in [-0.25, -0.2) is 4.98 Å². The summed E-state index contributed by atoms with van der Waals surface area (Å²) in [4.78, 5) is 18.5. The molecule has 0 spiro atoms. The van der Waals surface area contributed by atoms with Crippen LogP contribution in [0.25, 0.3) is 0 Å². The van der Waals surface area contributed by atoms with Crippen LogP contribution in [0.3, 0.4) is 0 Å². The van der Waals surface area contributed by atoms with Gasteiger partial charge in [0.25, 0.3) is 0 Å². The number of carbonyl (C=O) groups excluding carboxylic acids is 1. The number of pyridine rings is 1. The van der Waals surface area contributed by atoms with E-state index in [0.29, 0.717) is 24.1 Å². The largest absolute Gasteiger partial charge is 0.506 e. The minimum atomic E-state index is -0.439. The summed E-state index contributed by atoms with van der Waals surface area (Å²) in [6.45, 7) is 2.19. The van der Waals surface area contributed by atoms with Crippen LogP contribution in [0.1, 0.15) is 42.6 Å². The quantitative estimate of drug-likeness (QED) is 0.811. The molecule has 2 heterocycles. The Morgan fingerprint density at radius 1 is 1.26 bits per heavy atom. The summed E-state index contributed by atoms with van der Waals surface area (Å²) in [6, 6.07) is 3.07. The molecule has 1 aromatic heterocycles.